The van der Waals surface area contributed by atoms with Gasteiger partial charge in [-0.2, -0.15) is 4.31 Å². The number of nitrogens with one attached hydrogen (secondary N) is 1. The predicted molar refractivity (Wildman–Crippen MR) is 91.0 cm³/mol. The van der Waals surface area contributed by atoms with E-state index in [1.54, 1.807) is 5.38 Å². The summed E-state index contributed by atoms with van der Waals surface area (Å²) in [6.07, 6.45) is 1.70. The lowest BCUT2D eigenvalue weighted by Gasteiger charge is -2.15. The molecule has 1 fully saturated rings. The van der Waals surface area contributed by atoms with Gasteiger partial charge in [0, 0.05) is 13.1 Å². The van der Waals surface area contributed by atoms with Crippen molar-refractivity contribution in [2.75, 3.05) is 13.1 Å². The second kappa shape index (κ2) is 7.43. The molecule has 0 saturated carbocycles. The van der Waals surface area contributed by atoms with E-state index in [4.69, 9.17) is 4.84 Å². The molecule has 0 spiro atoms. The van der Waals surface area contributed by atoms with E-state index in [-0.39, 0.29) is 16.4 Å². The van der Waals surface area contributed by atoms with Gasteiger partial charge in [0.1, 0.15) is 9.77 Å². The minimum Gasteiger partial charge on any atom is -0.269 e. The average molecular weight is 366 g/mol. The number of hydrogen-bond donors (Lipinski definition) is 1. The molecule has 0 bridgehead atoms. The molecule has 1 amide bonds. The molecule has 0 aliphatic carbocycles. The number of nitrogens with zero attached hydrogens (tertiary/aromatic N) is 1. The molecule has 3 rings (SSSR count). The molecule has 128 valence electrons. The SMILES string of the molecule is O=C(NOCc1ccccc1)c1sccc1S(=O)(=O)N1CCCC1. The second-order valence-electron chi connectivity index (χ2n) is 5.43. The highest BCUT2D eigenvalue weighted by Crippen LogP contribution is 2.27. The lowest BCUT2D eigenvalue weighted by Crippen LogP contribution is -2.30. The van der Waals surface area contributed by atoms with Crippen LogP contribution in [0.15, 0.2) is 46.7 Å². The monoisotopic (exact) mass is 366 g/mol. The summed E-state index contributed by atoms with van der Waals surface area (Å²) in [7, 11) is -3.62. The fourth-order valence-electron chi connectivity index (χ4n) is 2.54. The maximum Gasteiger partial charge on any atom is 0.286 e. The van der Waals surface area contributed by atoms with Crippen LogP contribution in [-0.4, -0.2) is 31.7 Å². The van der Waals surface area contributed by atoms with E-state index in [0.29, 0.717) is 13.1 Å². The van der Waals surface area contributed by atoms with Crippen molar-refractivity contribution in [3.05, 3.63) is 52.2 Å². The van der Waals surface area contributed by atoms with Crippen LogP contribution >= 0.6 is 11.3 Å². The quantitative estimate of drug-likeness (QED) is 0.797. The molecule has 0 atom stereocenters. The van der Waals surface area contributed by atoms with E-state index < -0.39 is 15.9 Å². The van der Waals surface area contributed by atoms with Crippen molar-refractivity contribution in [3.63, 3.8) is 0 Å². The Hall–Kier alpha value is -1.74. The van der Waals surface area contributed by atoms with Crippen LogP contribution in [0.1, 0.15) is 28.1 Å². The molecular formula is C16H18N2O4S2. The number of benzene rings is 1. The Morgan fingerprint density at radius 1 is 1.17 bits per heavy atom. The Labute approximate surface area is 145 Å². The summed E-state index contributed by atoms with van der Waals surface area (Å²) in [5.74, 6) is -0.543. The Morgan fingerprint density at radius 3 is 2.58 bits per heavy atom. The number of amides is 1. The lowest BCUT2D eigenvalue weighted by molar-refractivity contribution is 0.0234. The highest BCUT2D eigenvalue weighted by Gasteiger charge is 2.31. The highest BCUT2D eigenvalue weighted by molar-refractivity contribution is 7.89. The van der Waals surface area contributed by atoms with E-state index in [2.05, 4.69) is 5.48 Å². The molecule has 1 aromatic heterocycles. The summed E-state index contributed by atoms with van der Waals surface area (Å²) in [6, 6.07) is 10.9. The van der Waals surface area contributed by atoms with Crippen LogP contribution in [0.5, 0.6) is 0 Å². The van der Waals surface area contributed by atoms with Gasteiger partial charge in [-0.05, 0) is 29.9 Å². The lowest BCUT2D eigenvalue weighted by atomic mass is 10.2. The molecule has 1 N–H and O–H groups in total. The van der Waals surface area contributed by atoms with Gasteiger partial charge in [0.05, 0.1) is 6.61 Å². The van der Waals surface area contributed by atoms with Crippen LogP contribution < -0.4 is 5.48 Å². The van der Waals surface area contributed by atoms with Crippen LogP contribution in [-0.2, 0) is 21.5 Å². The van der Waals surface area contributed by atoms with E-state index >= 15 is 0 Å². The number of sulfonamides is 1. The van der Waals surface area contributed by atoms with Crippen LogP contribution in [0.25, 0.3) is 0 Å². The van der Waals surface area contributed by atoms with Crippen molar-refractivity contribution in [1.82, 2.24) is 9.79 Å². The molecule has 0 radical (unpaired) electrons. The third-order valence-electron chi connectivity index (χ3n) is 3.76. The van der Waals surface area contributed by atoms with Gasteiger partial charge in [0.15, 0.2) is 0 Å². The number of carbonyl (C=O) groups is 1. The van der Waals surface area contributed by atoms with Crippen molar-refractivity contribution in [1.29, 1.82) is 0 Å². The number of thiophene rings is 1. The fourth-order valence-corrected chi connectivity index (χ4v) is 5.34. The third kappa shape index (κ3) is 3.67. The first-order valence-corrected chi connectivity index (χ1v) is 9.95. The van der Waals surface area contributed by atoms with Gasteiger partial charge in [-0.1, -0.05) is 30.3 Å². The second-order valence-corrected chi connectivity index (χ2v) is 8.25. The minimum absolute atomic E-state index is 0.0511. The summed E-state index contributed by atoms with van der Waals surface area (Å²) in [4.78, 5) is 17.7. The van der Waals surface area contributed by atoms with Gasteiger partial charge in [-0.3, -0.25) is 9.63 Å². The van der Waals surface area contributed by atoms with E-state index in [1.165, 1.54) is 10.4 Å². The van der Waals surface area contributed by atoms with Gasteiger partial charge in [-0.15, -0.1) is 11.3 Å². The first kappa shape index (κ1) is 17.1. The molecule has 2 heterocycles. The van der Waals surface area contributed by atoms with E-state index in [0.717, 1.165) is 29.7 Å². The van der Waals surface area contributed by atoms with E-state index in [9.17, 15) is 13.2 Å². The first-order valence-electron chi connectivity index (χ1n) is 7.63. The smallest absolute Gasteiger partial charge is 0.269 e. The molecule has 8 heteroatoms. The summed E-state index contributed by atoms with van der Waals surface area (Å²) in [6.45, 7) is 1.22. The standard InChI is InChI=1S/C16H18N2O4S2/c19-16(17-22-12-13-6-2-1-3-7-13)15-14(8-11-23-15)24(20,21)18-9-4-5-10-18/h1-3,6-8,11H,4-5,9-10,12H2,(H,17,19). The van der Waals surface area contributed by atoms with Crippen LogP contribution in [0.2, 0.25) is 0 Å². The Morgan fingerprint density at radius 2 is 1.88 bits per heavy atom. The van der Waals surface area contributed by atoms with Gasteiger partial charge in [0.25, 0.3) is 5.91 Å². The molecule has 1 aliphatic heterocycles. The van der Waals surface area contributed by atoms with Gasteiger partial charge >= 0.3 is 0 Å². The summed E-state index contributed by atoms with van der Waals surface area (Å²) >= 11 is 1.09. The number of carbonyl (C=O) groups excluding carboxylic acids is 1. The normalized spacial score (nSPS) is 15.5. The molecule has 1 aromatic carbocycles. The zero-order valence-electron chi connectivity index (χ0n) is 13.0. The summed E-state index contributed by atoms with van der Waals surface area (Å²) < 4.78 is 26.7. The zero-order chi connectivity index (χ0) is 17.0. The van der Waals surface area contributed by atoms with E-state index in [1.807, 2.05) is 30.3 Å². The van der Waals surface area contributed by atoms with Crippen LogP contribution in [0.4, 0.5) is 0 Å². The highest BCUT2D eigenvalue weighted by atomic mass is 32.2. The third-order valence-corrected chi connectivity index (χ3v) is 6.75. The molecule has 2 aromatic rings. The maximum absolute atomic E-state index is 12.6. The average Bonchev–Trinajstić information content (AvgIpc) is 3.28. The van der Waals surface area contributed by atoms with Crippen LogP contribution in [0, 0.1) is 0 Å². The van der Waals surface area contributed by atoms with Crippen molar-refractivity contribution in [2.24, 2.45) is 0 Å². The van der Waals surface area contributed by atoms with Gasteiger partial charge in [-0.25, -0.2) is 13.9 Å². The molecule has 0 unspecified atom stereocenters. The molecule has 1 saturated heterocycles. The Balaban J connectivity index is 1.67. The van der Waals surface area contributed by atoms with Crippen molar-refractivity contribution in [2.45, 2.75) is 24.3 Å². The Kier molecular flexibility index (Phi) is 5.30. The summed E-state index contributed by atoms with van der Waals surface area (Å²) in [5.41, 5.74) is 3.24. The number of rotatable bonds is 6. The molecular weight excluding hydrogens is 348 g/mol. The summed E-state index contributed by atoms with van der Waals surface area (Å²) in [5, 5.41) is 1.61. The molecule has 6 nitrogen and oxygen atoms in total. The van der Waals surface area contributed by atoms with Gasteiger partial charge in [0.2, 0.25) is 10.0 Å². The van der Waals surface area contributed by atoms with Crippen LogP contribution in [0.3, 0.4) is 0 Å². The van der Waals surface area contributed by atoms with Gasteiger partial charge < -0.3 is 0 Å². The topological polar surface area (TPSA) is 75.7 Å². The molecule has 1 aliphatic rings. The fraction of sp³-hybridized carbons (Fsp3) is 0.312. The van der Waals surface area contributed by atoms with Crippen molar-refractivity contribution in [3.8, 4) is 0 Å². The Bertz CT molecular complexity index is 796. The maximum atomic E-state index is 12.6. The number of hydrogen-bond acceptors (Lipinski definition) is 5. The largest absolute Gasteiger partial charge is 0.286 e. The zero-order valence-corrected chi connectivity index (χ0v) is 14.6. The predicted octanol–water partition coefficient (Wildman–Crippen LogP) is 2.39. The minimum atomic E-state index is -3.62. The van der Waals surface area contributed by atoms with Crippen molar-refractivity contribution < 1.29 is 18.0 Å². The molecule has 24 heavy (non-hydrogen) atoms. The van der Waals surface area contributed by atoms with Crippen molar-refractivity contribution >= 4 is 27.3 Å². The first-order chi connectivity index (χ1) is 11.6. The number of hydroxylamine groups is 1.